The highest BCUT2D eigenvalue weighted by Crippen LogP contribution is 2.56. The number of non-ortho nitro benzene ring substituents is 1. The van der Waals surface area contributed by atoms with Crippen molar-refractivity contribution < 1.29 is 19.2 Å². The van der Waals surface area contributed by atoms with E-state index in [0.717, 1.165) is 5.56 Å². The third-order valence-corrected chi connectivity index (χ3v) is 7.03. The number of rotatable bonds is 5. The average molecular weight is 495 g/mol. The number of carbonyl (C=O) groups is 2. The molecule has 5 rings (SSSR count). The number of nitriles is 1. The van der Waals surface area contributed by atoms with Crippen LogP contribution in [0, 0.1) is 26.9 Å². The zero-order chi connectivity index (χ0) is 26.2. The van der Waals surface area contributed by atoms with Gasteiger partial charge >= 0.3 is 5.97 Å². The summed E-state index contributed by atoms with van der Waals surface area (Å²) < 4.78 is 5.16. The number of carbonyl (C=O) groups excluding carboxylic acids is 2. The Morgan fingerprint density at radius 1 is 1.05 bits per heavy atom. The molecule has 0 aromatic heterocycles. The predicted octanol–water partition coefficient (Wildman–Crippen LogP) is 4.28. The molecule has 1 amide bonds. The van der Waals surface area contributed by atoms with Gasteiger partial charge in [-0.3, -0.25) is 19.7 Å². The fraction of sp³-hybridized carbons (Fsp3) is 0.179. The van der Waals surface area contributed by atoms with Crippen LogP contribution in [0.1, 0.15) is 17.0 Å². The number of anilines is 2. The molecule has 2 aliphatic heterocycles. The Bertz CT molecular complexity index is 1450. The molecule has 9 heteroatoms. The Morgan fingerprint density at radius 2 is 1.73 bits per heavy atom. The lowest BCUT2D eigenvalue weighted by molar-refractivity contribution is -0.384. The largest absolute Gasteiger partial charge is 0.468 e. The summed E-state index contributed by atoms with van der Waals surface area (Å²) in [5, 5.41) is 24.8. The maximum Gasteiger partial charge on any atom is 0.329 e. The van der Waals surface area contributed by atoms with Gasteiger partial charge in [-0.2, -0.15) is 5.26 Å². The number of nitrogens with zero attached hydrogens (tertiary/aromatic N) is 3. The third kappa shape index (κ3) is 3.70. The van der Waals surface area contributed by atoms with Crippen LogP contribution in [0.25, 0.3) is 6.08 Å². The van der Waals surface area contributed by atoms with Crippen molar-refractivity contribution in [1.29, 1.82) is 5.26 Å². The molecule has 3 aromatic rings. The number of nitrogens with one attached hydrogen (secondary N) is 1. The number of amides is 1. The van der Waals surface area contributed by atoms with Crippen LogP contribution >= 0.6 is 0 Å². The van der Waals surface area contributed by atoms with Gasteiger partial charge < -0.3 is 15.0 Å². The van der Waals surface area contributed by atoms with Crippen molar-refractivity contribution in [2.24, 2.45) is 5.41 Å². The van der Waals surface area contributed by atoms with E-state index in [2.05, 4.69) is 11.4 Å². The highest BCUT2D eigenvalue weighted by atomic mass is 16.6. The standard InChI is InChI=1S/C28H22N4O5/c1-37-27(34)28(17-29)23-16-13-18-7-5-6-10-22(18)31(23)25(26(33)30-20-8-3-2-4-9-20)24(28)19-11-14-21(15-12-19)32(35)36/h2-16,23-25H,1H3,(H,30,33)/t23-,24-,25+,28+/m0/s1. The van der Waals surface area contributed by atoms with Crippen LogP contribution < -0.4 is 10.2 Å². The van der Waals surface area contributed by atoms with E-state index in [9.17, 15) is 25.0 Å². The van der Waals surface area contributed by atoms with E-state index in [1.807, 2.05) is 36.4 Å². The Kier molecular flexibility index (Phi) is 5.93. The third-order valence-electron chi connectivity index (χ3n) is 7.03. The molecule has 4 atom stereocenters. The van der Waals surface area contributed by atoms with Gasteiger partial charge in [-0.1, -0.05) is 60.7 Å². The summed E-state index contributed by atoms with van der Waals surface area (Å²) in [5.41, 5.74) is 0.558. The van der Waals surface area contributed by atoms with Crippen molar-refractivity contribution in [2.75, 3.05) is 17.3 Å². The molecule has 2 heterocycles. The molecule has 0 radical (unpaired) electrons. The van der Waals surface area contributed by atoms with E-state index in [0.29, 0.717) is 16.9 Å². The minimum atomic E-state index is -1.81. The summed E-state index contributed by atoms with van der Waals surface area (Å²) in [4.78, 5) is 40.0. The molecule has 0 bridgehead atoms. The van der Waals surface area contributed by atoms with Gasteiger partial charge in [-0.25, -0.2) is 0 Å². The van der Waals surface area contributed by atoms with Crippen LogP contribution in [0.3, 0.4) is 0 Å². The molecular weight excluding hydrogens is 472 g/mol. The van der Waals surface area contributed by atoms with Gasteiger partial charge in [0, 0.05) is 29.4 Å². The topological polar surface area (TPSA) is 126 Å². The summed E-state index contributed by atoms with van der Waals surface area (Å²) in [7, 11) is 1.20. The first-order chi connectivity index (χ1) is 17.9. The van der Waals surface area contributed by atoms with E-state index in [1.165, 1.54) is 31.4 Å². The van der Waals surface area contributed by atoms with Crippen molar-refractivity contribution in [3.8, 4) is 6.07 Å². The minimum absolute atomic E-state index is 0.143. The fourth-order valence-electron chi connectivity index (χ4n) is 5.45. The molecule has 2 aliphatic rings. The van der Waals surface area contributed by atoms with Gasteiger partial charge in [0.25, 0.3) is 5.69 Å². The lowest BCUT2D eigenvalue weighted by atomic mass is 9.68. The summed E-state index contributed by atoms with van der Waals surface area (Å²) in [6.45, 7) is 0. The average Bonchev–Trinajstić information content (AvgIpc) is 3.25. The molecule has 184 valence electrons. The van der Waals surface area contributed by atoms with Gasteiger partial charge in [0.05, 0.1) is 24.1 Å². The first-order valence-electron chi connectivity index (χ1n) is 11.6. The number of hydrogen-bond acceptors (Lipinski definition) is 7. The quantitative estimate of drug-likeness (QED) is 0.319. The molecule has 37 heavy (non-hydrogen) atoms. The zero-order valence-electron chi connectivity index (χ0n) is 19.8. The second-order valence-electron chi connectivity index (χ2n) is 8.87. The van der Waals surface area contributed by atoms with Crippen molar-refractivity contribution in [2.45, 2.75) is 18.0 Å². The van der Waals surface area contributed by atoms with E-state index in [-0.39, 0.29) is 5.69 Å². The molecule has 0 unspecified atom stereocenters. The molecule has 0 saturated carbocycles. The Morgan fingerprint density at radius 3 is 2.38 bits per heavy atom. The van der Waals surface area contributed by atoms with Crippen molar-refractivity contribution in [3.05, 3.63) is 106 Å². The Labute approximate surface area is 212 Å². The SMILES string of the molecule is COC(=O)[C@]1(C#N)[C@@H]2C=Cc3ccccc3N2[C@@H](C(=O)Nc2ccccc2)[C@@H]1c1ccc([N+](=O)[O-])cc1. The number of ether oxygens (including phenoxy) is 1. The van der Waals surface area contributed by atoms with Crippen molar-refractivity contribution >= 4 is 35.0 Å². The number of methoxy groups -OCH3 is 1. The maximum absolute atomic E-state index is 14.0. The lowest BCUT2D eigenvalue weighted by Crippen LogP contribution is -2.47. The van der Waals surface area contributed by atoms with Crippen LogP contribution in [-0.2, 0) is 14.3 Å². The fourth-order valence-corrected chi connectivity index (χ4v) is 5.45. The second kappa shape index (κ2) is 9.24. The molecule has 3 aromatic carbocycles. The number of nitro groups is 1. The van der Waals surface area contributed by atoms with Crippen molar-refractivity contribution in [1.82, 2.24) is 0 Å². The number of hydrogen-bond donors (Lipinski definition) is 1. The second-order valence-corrected chi connectivity index (χ2v) is 8.87. The van der Waals surface area contributed by atoms with Gasteiger partial charge in [0.1, 0.15) is 6.04 Å². The summed E-state index contributed by atoms with van der Waals surface area (Å²) in [6.07, 6.45) is 3.58. The van der Waals surface area contributed by atoms with Crippen LogP contribution in [0.2, 0.25) is 0 Å². The Balaban J connectivity index is 1.74. The van der Waals surface area contributed by atoms with Crippen LogP contribution in [0.4, 0.5) is 17.1 Å². The number of nitro benzene ring substituents is 1. The molecule has 1 N–H and O–H groups in total. The zero-order valence-corrected chi connectivity index (χ0v) is 19.8. The van der Waals surface area contributed by atoms with E-state index in [4.69, 9.17) is 4.74 Å². The number of benzene rings is 3. The monoisotopic (exact) mass is 494 g/mol. The van der Waals surface area contributed by atoms with Gasteiger partial charge in [-0.15, -0.1) is 0 Å². The van der Waals surface area contributed by atoms with Crippen LogP contribution in [0.5, 0.6) is 0 Å². The van der Waals surface area contributed by atoms with Crippen LogP contribution in [0.15, 0.2) is 84.9 Å². The smallest absolute Gasteiger partial charge is 0.329 e. The predicted molar refractivity (Wildman–Crippen MR) is 137 cm³/mol. The highest BCUT2D eigenvalue weighted by Gasteiger charge is 2.67. The highest BCUT2D eigenvalue weighted by molar-refractivity contribution is 6.02. The summed E-state index contributed by atoms with van der Waals surface area (Å²) >= 11 is 0. The lowest BCUT2D eigenvalue weighted by Gasteiger charge is -2.36. The van der Waals surface area contributed by atoms with Crippen LogP contribution in [-0.4, -0.2) is 36.0 Å². The molecule has 9 nitrogen and oxygen atoms in total. The van der Waals surface area contributed by atoms with Gasteiger partial charge in [0.2, 0.25) is 5.91 Å². The van der Waals surface area contributed by atoms with Crippen molar-refractivity contribution in [3.63, 3.8) is 0 Å². The molecule has 1 saturated heterocycles. The molecule has 1 fully saturated rings. The first kappa shape index (κ1) is 23.8. The molecule has 0 aliphatic carbocycles. The van der Waals surface area contributed by atoms with Gasteiger partial charge in [0.15, 0.2) is 5.41 Å². The minimum Gasteiger partial charge on any atom is -0.468 e. The van der Waals surface area contributed by atoms with Gasteiger partial charge in [-0.05, 0) is 29.3 Å². The summed E-state index contributed by atoms with van der Waals surface area (Å²) in [5.74, 6) is -2.21. The number of esters is 1. The molecule has 0 spiro atoms. The normalized spacial score (nSPS) is 23.4. The maximum atomic E-state index is 14.0. The number of para-hydroxylation sites is 2. The summed E-state index contributed by atoms with van der Waals surface area (Å²) in [6, 6.07) is 22.3. The first-order valence-corrected chi connectivity index (χ1v) is 11.6. The van der Waals surface area contributed by atoms with E-state index < -0.39 is 40.2 Å². The van der Waals surface area contributed by atoms with E-state index >= 15 is 0 Å². The number of fused-ring (bicyclic) bond motifs is 3. The molecular formula is C28H22N4O5. The Hall–Kier alpha value is -4.97. The van der Waals surface area contributed by atoms with E-state index in [1.54, 1.807) is 35.2 Å².